The molecular weight excluding hydrogens is 405 g/mol. The van der Waals surface area contributed by atoms with Crippen LogP contribution in [0.2, 0.25) is 0 Å². The van der Waals surface area contributed by atoms with Crippen molar-refractivity contribution in [2.75, 3.05) is 41.5 Å². The molecule has 0 saturated carbocycles. The van der Waals surface area contributed by atoms with Gasteiger partial charge >= 0.3 is 5.97 Å². The van der Waals surface area contributed by atoms with E-state index in [0.717, 1.165) is 12.0 Å². The Kier molecular flexibility index (Phi) is 7.22. The molecule has 1 N–H and O–H groups in total. The predicted octanol–water partition coefficient (Wildman–Crippen LogP) is 3.75. The third-order valence-electron chi connectivity index (χ3n) is 5.66. The molecule has 2 aromatic rings. The monoisotopic (exact) mass is 433 g/mol. The van der Waals surface area contributed by atoms with Gasteiger partial charge in [-0.1, -0.05) is 6.07 Å². The lowest BCUT2D eigenvalue weighted by molar-refractivity contribution is -0.143. The first-order chi connectivity index (χ1) is 14.9. The van der Waals surface area contributed by atoms with Crippen LogP contribution in [0.3, 0.4) is 0 Å². The van der Waals surface area contributed by atoms with Gasteiger partial charge in [-0.2, -0.15) is 0 Å². The number of ether oxygens (including phenoxy) is 4. The van der Waals surface area contributed by atoms with E-state index in [1.165, 1.54) is 34.5 Å². The average molecular weight is 433 g/mol. The van der Waals surface area contributed by atoms with E-state index in [-0.39, 0.29) is 5.75 Å². The number of piperidine rings is 1. The van der Waals surface area contributed by atoms with E-state index >= 15 is 0 Å². The lowest BCUT2D eigenvalue weighted by Crippen LogP contribution is -2.41. The third-order valence-corrected chi connectivity index (χ3v) is 5.66. The minimum absolute atomic E-state index is 0.148. The molecule has 1 fully saturated rings. The van der Waals surface area contributed by atoms with E-state index in [0.29, 0.717) is 42.3 Å². The lowest BCUT2D eigenvalue weighted by atomic mass is 9.91. The molecule has 31 heavy (non-hydrogen) atoms. The summed E-state index contributed by atoms with van der Waals surface area (Å²) in [6, 6.07) is 8.03. The van der Waals surface area contributed by atoms with Crippen LogP contribution in [0.5, 0.6) is 23.0 Å². The maximum absolute atomic E-state index is 14.6. The van der Waals surface area contributed by atoms with Crippen LogP contribution in [-0.4, -0.2) is 57.5 Å². The predicted molar refractivity (Wildman–Crippen MR) is 113 cm³/mol. The van der Waals surface area contributed by atoms with Gasteiger partial charge in [-0.05, 0) is 54.8 Å². The summed E-state index contributed by atoms with van der Waals surface area (Å²) in [6.45, 7) is 1.03. The number of hydrogen-bond acceptors (Lipinski definition) is 6. The van der Waals surface area contributed by atoms with Crippen molar-refractivity contribution in [3.05, 3.63) is 47.3 Å². The van der Waals surface area contributed by atoms with Crippen molar-refractivity contribution in [1.29, 1.82) is 0 Å². The van der Waals surface area contributed by atoms with Crippen molar-refractivity contribution in [1.82, 2.24) is 4.90 Å². The number of likely N-dealkylation sites (tertiary alicyclic amines) is 1. The average Bonchev–Trinajstić information content (AvgIpc) is 2.78. The molecule has 2 aromatic carbocycles. The van der Waals surface area contributed by atoms with Gasteiger partial charge in [0.15, 0.2) is 23.1 Å². The number of carboxylic acid groups (broad SMARTS) is 1. The quantitative estimate of drug-likeness (QED) is 0.679. The summed E-state index contributed by atoms with van der Waals surface area (Å²) >= 11 is 0. The van der Waals surface area contributed by atoms with Crippen LogP contribution in [0, 0.1) is 11.7 Å². The highest BCUT2D eigenvalue weighted by molar-refractivity contribution is 5.70. The second-order valence-electron chi connectivity index (χ2n) is 7.43. The normalized spacial score (nSPS) is 17.6. The maximum Gasteiger partial charge on any atom is 0.307 e. The summed E-state index contributed by atoms with van der Waals surface area (Å²) in [5, 5.41) is 9.56. The summed E-state index contributed by atoms with van der Waals surface area (Å²) < 4.78 is 36.1. The first kappa shape index (κ1) is 22.7. The van der Waals surface area contributed by atoms with Gasteiger partial charge in [0.1, 0.15) is 0 Å². The van der Waals surface area contributed by atoms with Crippen LogP contribution in [-0.2, 0) is 4.79 Å². The van der Waals surface area contributed by atoms with E-state index in [1.54, 1.807) is 12.1 Å². The molecular formula is C23H28FNO6. The van der Waals surface area contributed by atoms with Crippen molar-refractivity contribution < 1.29 is 33.2 Å². The molecule has 1 saturated heterocycles. The Morgan fingerprint density at radius 3 is 2.16 bits per heavy atom. The van der Waals surface area contributed by atoms with Gasteiger partial charge in [-0.3, -0.25) is 9.69 Å². The molecule has 2 atom stereocenters. The highest BCUT2D eigenvalue weighted by Gasteiger charge is 2.33. The number of benzene rings is 2. The minimum atomic E-state index is -0.825. The van der Waals surface area contributed by atoms with Crippen molar-refractivity contribution >= 4 is 5.97 Å². The number of nitrogens with zero attached hydrogens (tertiary/aromatic N) is 1. The van der Waals surface area contributed by atoms with E-state index < -0.39 is 23.7 Å². The van der Waals surface area contributed by atoms with E-state index in [2.05, 4.69) is 4.90 Å². The summed E-state index contributed by atoms with van der Waals surface area (Å²) in [6.07, 6.45) is 1.35. The molecule has 1 heterocycles. The van der Waals surface area contributed by atoms with Crippen LogP contribution < -0.4 is 18.9 Å². The highest BCUT2D eigenvalue weighted by atomic mass is 19.1. The van der Waals surface area contributed by atoms with Crippen LogP contribution in [0.1, 0.15) is 30.0 Å². The standard InChI is InChI=1S/C23H28FNO6/c1-28-18-8-7-14(10-17(18)24)21(25-9-5-6-15(13-25)23(26)27)16-11-19(29-2)22(31-4)20(12-16)30-3/h7-8,10-12,15,21H,5-6,9,13H2,1-4H3,(H,26,27). The highest BCUT2D eigenvalue weighted by Crippen LogP contribution is 2.43. The largest absolute Gasteiger partial charge is 0.494 e. The van der Waals surface area contributed by atoms with E-state index in [4.69, 9.17) is 18.9 Å². The van der Waals surface area contributed by atoms with Gasteiger partial charge in [0, 0.05) is 6.54 Å². The molecule has 0 amide bonds. The van der Waals surface area contributed by atoms with Gasteiger partial charge in [-0.25, -0.2) is 4.39 Å². The summed E-state index contributed by atoms with van der Waals surface area (Å²) in [5.74, 6) is -0.241. The Balaban J connectivity index is 2.14. The van der Waals surface area contributed by atoms with Gasteiger partial charge < -0.3 is 24.1 Å². The lowest BCUT2D eigenvalue weighted by Gasteiger charge is -2.38. The zero-order valence-electron chi connectivity index (χ0n) is 18.2. The van der Waals surface area contributed by atoms with Gasteiger partial charge in [0.05, 0.1) is 40.4 Å². The van der Waals surface area contributed by atoms with Gasteiger partial charge in [-0.15, -0.1) is 0 Å². The van der Waals surface area contributed by atoms with Gasteiger partial charge in [0.25, 0.3) is 0 Å². The van der Waals surface area contributed by atoms with Crippen LogP contribution in [0.15, 0.2) is 30.3 Å². The zero-order chi connectivity index (χ0) is 22.5. The molecule has 0 aliphatic carbocycles. The maximum atomic E-state index is 14.6. The second-order valence-corrected chi connectivity index (χ2v) is 7.43. The Labute approximate surface area is 181 Å². The van der Waals surface area contributed by atoms with E-state index in [1.807, 2.05) is 12.1 Å². The Morgan fingerprint density at radius 1 is 1.00 bits per heavy atom. The first-order valence-electron chi connectivity index (χ1n) is 10.0. The topological polar surface area (TPSA) is 77.5 Å². The molecule has 3 rings (SSSR count). The summed E-state index contributed by atoms with van der Waals surface area (Å²) in [5.41, 5.74) is 1.46. The van der Waals surface area contributed by atoms with Crippen molar-refractivity contribution in [2.24, 2.45) is 5.92 Å². The smallest absolute Gasteiger partial charge is 0.307 e. The number of carbonyl (C=O) groups is 1. The second kappa shape index (κ2) is 9.87. The molecule has 168 valence electrons. The SMILES string of the molecule is COc1ccc(C(c2cc(OC)c(OC)c(OC)c2)N2CCCC(C(=O)O)C2)cc1F. The fourth-order valence-electron chi connectivity index (χ4n) is 4.17. The minimum Gasteiger partial charge on any atom is -0.494 e. The molecule has 0 spiro atoms. The molecule has 7 nitrogen and oxygen atoms in total. The van der Waals surface area contributed by atoms with Crippen LogP contribution in [0.4, 0.5) is 4.39 Å². The molecule has 1 aliphatic rings. The molecule has 0 aromatic heterocycles. The fourth-order valence-corrected chi connectivity index (χ4v) is 4.17. The number of aliphatic carboxylic acids is 1. The Morgan fingerprint density at radius 2 is 1.65 bits per heavy atom. The number of halogens is 1. The summed E-state index contributed by atoms with van der Waals surface area (Å²) in [4.78, 5) is 13.7. The van der Waals surface area contributed by atoms with Crippen molar-refractivity contribution in [3.8, 4) is 23.0 Å². The molecule has 1 aliphatic heterocycles. The Hall–Kier alpha value is -3.00. The number of hydrogen-bond donors (Lipinski definition) is 1. The van der Waals surface area contributed by atoms with Crippen LogP contribution in [0.25, 0.3) is 0 Å². The van der Waals surface area contributed by atoms with Crippen molar-refractivity contribution in [2.45, 2.75) is 18.9 Å². The number of methoxy groups -OCH3 is 4. The number of carboxylic acids is 1. The molecule has 0 bridgehead atoms. The van der Waals surface area contributed by atoms with Crippen LogP contribution >= 0.6 is 0 Å². The van der Waals surface area contributed by atoms with Crippen molar-refractivity contribution in [3.63, 3.8) is 0 Å². The number of rotatable bonds is 8. The molecule has 2 unspecified atom stereocenters. The summed E-state index contributed by atoms with van der Waals surface area (Å²) in [7, 11) is 6.00. The fraction of sp³-hybridized carbons (Fsp3) is 0.435. The van der Waals surface area contributed by atoms with Gasteiger partial charge in [0.2, 0.25) is 5.75 Å². The molecule has 8 heteroatoms. The van der Waals surface area contributed by atoms with E-state index in [9.17, 15) is 14.3 Å². The third kappa shape index (κ3) is 4.69. The zero-order valence-corrected chi connectivity index (χ0v) is 18.2. The molecule has 0 radical (unpaired) electrons. The first-order valence-corrected chi connectivity index (χ1v) is 10.0. The Bertz CT molecular complexity index is 909.